The molecule has 0 aromatic heterocycles. The number of hydrogen-bond acceptors (Lipinski definition) is 1. The van der Waals surface area contributed by atoms with Gasteiger partial charge in [-0.05, 0) is 18.2 Å². The van der Waals surface area contributed by atoms with Gasteiger partial charge in [0.1, 0.15) is 5.75 Å². The quantitative estimate of drug-likeness (QED) is 0.669. The maximum Gasteiger partial charge on any atom is 0.456 e. The molecular weight excluding hydrogens is 361 g/mol. The number of halogens is 8. The zero-order valence-corrected chi connectivity index (χ0v) is 11.5. The molecule has 1 rings (SSSR count). The second-order valence-electron chi connectivity index (χ2n) is 4.02. The third kappa shape index (κ3) is 4.00. The lowest BCUT2D eigenvalue weighted by atomic mass is 10.1. The molecular formula is C11H8BrF7O. The van der Waals surface area contributed by atoms with E-state index in [4.69, 9.17) is 0 Å². The van der Waals surface area contributed by atoms with Crippen LogP contribution in [0.3, 0.4) is 0 Å². The van der Waals surface area contributed by atoms with Crippen molar-refractivity contribution in [3.63, 3.8) is 0 Å². The number of hydrogen-bond donors (Lipinski definition) is 0. The SMILES string of the molecule is CC(F)(F)c1cc(Br)ccc1OCC(F)(F)C(F)(F)F. The third-order valence-electron chi connectivity index (χ3n) is 2.24. The summed E-state index contributed by atoms with van der Waals surface area (Å²) in [6.07, 6.45) is -5.81. The summed E-state index contributed by atoms with van der Waals surface area (Å²) in [5.41, 5.74) is -0.787. The first kappa shape index (κ1) is 17.1. The summed E-state index contributed by atoms with van der Waals surface area (Å²) >= 11 is 2.89. The minimum Gasteiger partial charge on any atom is -0.486 e. The van der Waals surface area contributed by atoms with Crippen molar-refractivity contribution in [1.82, 2.24) is 0 Å². The largest absolute Gasteiger partial charge is 0.486 e. The summed E-state index contributed by atoms with van der Waals surface area (Å²) in [5, 5.41) is 0. The average Bonchev–Trinajstić information content (AvgIpc) is 2.24. The predicted octanol–water partition coefficient (Wildman–Crippen LogP) is 5.14. The topological polar surface area (TPSA) is 9.23 Å². The van der Waals surface area contributed by atoms with Crippen molar-refractivity contribution in [2.45, 2.75) is 24.9 Å². The van der Waals surface area contributed by atoms with Gasteiger partial charge in [0.05, 0.1) is 5.56 Å². The third-order valence-corrected chi connectivity index (χ3v) is 2.73. The Balaban J connectivity index is 3.00. The van der Waals surface area contributed by atoms with E-state index < -0.39 is 35.9 Å². The van der Waals surface area contributed by atoms with Crippen LogP contribution >= 0.6 is 15.9 Å². The summed E-state index contributed by atoms with van der Waals surface area (Å²) in [5.74, 6) is -9.31. The highest BCUT2D eigenvalue weighted by Gasteiger charge is 2.58. The van der Waals surface area contributed by atoms with Crippen LogP contribution in [0.2, 0.25) is 0 Å². The van der Waals surface area contributed by atoms with E-state index in [-0.39, 0.29) is 4.47 Å². The molecule has 0 fully saturated rings. The van der Waals surface area contributed by atoms with E-state index in [1.54, 1.807) is 0 Å². The van der Waals surface area contributed by atoms with Gasteiger partial charge < -0.3 is 4.74 Å². The zero-order chi connectivity index (χ0) is 15.8. The molecule has 0 amide bonds. The van der Waals surface area contributed by atoms with Crippen LogP contribution in [0.4, 0.5) is 30.7 Å². The predicted molar refractivity (Wildman–Crippen MR) is 60.2 cm³/mol. The lowest BCUT2D eigenvalue weighted by Crippen LogP contribution is -2.42. The van der Waals surface area contributed by atoms with Gasteiger partial charge in [-0.15, -0.1) is 0 Å². The molecule has 0 atom stereocenters. The molecule has 0 aliphatic rings. The standard InChI is InChI=1S/C11H8BrF7O/c1-9(13,14)7-4-6(12)2-3-8(7)20-5-10(15,16)11(17,18)19/h2-4H,5H2,1H3. The van der Waals surface area contributed by atoms with Gasteiger partial charge in [-0.1, -0.05) is 15.9 Å². The molecule has 1 aromatic rings. The van der Waals surface area contributed by atoms with Gasteiger partial charge in [0.2, 0.25) is 0 Å². The van der Waals surface area contributed by atoms with Gasteiger partial charge in [-0.3, -0.25) is 0 Å². The monoisotopic (exact) mass is 368 g/mol. The van der Waals surface area contributed by atoms with Gasteiger partial charge in [0.25, 0.3) is 5.92 Å². The number of ether oxygens (including phenoxy) is 1. The van der Waals surface area contributed by atoms with Gasteiger partial charge >= 0.3 is 12.1 Å². The fourth-order valence-corrected chi connectivity index (χ4v) is 1.58. The molecule has 114 valence electrons. The van der Waals surface area contributed by atoms with Crippen LogP contribution in [0.15, 0.2) is 22.7 Å². The Hall–Kier alpha value is -0.990. The minimum absolute atomic E-state index is 0.212. The van der Waals surface area contributed by atoms with Crippen molar-refractivity contribution in [3.05, 3.63) is 28.2 Å². The molecule has 1 aromatic carbocycles. The summed E-state index contributed by atoms with van der Waals surface area (Å²) < 4.78 is 92.1. The molecule has 0 aliphatic carbocycles. The number of benzene rings is 1. The Morgan fingerprint density at radius 3 is 2.05 bits per heavy atom. The molecule has 0 saturated carbocycles. The normalized spacial score (nSPS) is 13.4. The first-order chi connectivity index (χ1) is 8.84. The van der Waals surface area contributed by atoms with Crippen molar-refractivity contribution in [2.75, 3.05) is 6.61 Å². The molecule has 0 heterocycles. The number of rotatable bonds is 4. The molecule has 0 saturated heterocycles. The second-order valence-corrected chi connectivity index (χ2v) is 4.94. The lowest BCUT2D eigenvalue weighted by Gasteiger charge is -2.22. The summed E-state index contributed by atoms with van der Waals surface area (Å²) in [6.45, 7) is -1.59. The second kappa shape index (κ2) is 5.42. The smallest absolute Gasteiger partial charge is 0.456 e. The Morgan fingerprint density at radius 2 is 1.60 bits per heavy atom. The highest BCUT2D eigenvalue weighted by molar-refractivity contribution is 9.10. The van der Waals surface area contributed by atoms with Crippen molar-refractivity contribution in [1.29, 1.82) is 0 Å². The lowest BCUT2D eigenvalue weighted by molar-refractivity contribution is -0.290. The van der Waals surface area contributed by atoms with Crippen LogP contribution in [0, 0.1) is 0 Å². The first-order valence-corrected chi connectivity index (χ1v) is 5.89. The van der Waals surface area contributed by atoms with E-state index in [9.17, 15) is 30.7 Å². The molecule has 0 N–H and O–H groups in total. The fourth-order valence-electron chi connectivity index (χ4n) is 1.22. The molecule has 0 aliphatic heterocycles. The molecule has 1 nitrogen and oxygen atoms in total. The Bertz CT molecular complexity index is 479. The first-order valence-electron chi connectivity index (χ1n) is 5.10. The molecule has 0 bridgehead atoms. The zero-order valence-electron chi connectivity index (χ0n) is 9.87. The fraction of sp³-hybridized carbons (Fsp3) is 0.455. The molecule has 0 unspecified atom stereocenters. The average molecular weight is 369 g/mol. The maximum absolute atomic E-state index is 13.2. The van der Waals surface area contributed by atoms with Crippen molar-refractivity contribution in [3.8, 4) is 5.75 Å². The van der Waals surface area contributed by atoms with Crippen LogP contribution in [0.1, 0.15) is 12.5 Å². The van der Waals surface area contributed by atoms with Gasteiger partial charge in [0, 0.05) is 11.4 Å². The molecule has 20 heavy (non-hydrogen) atoms. The van der Waals surface area contributed by atoms with Gasteiger partial charge in [-0.2, -0.15) is 22.0 Å². The minimum atomic E-state index is -5.81. The van der Waals surface area contributed by atoms with Crippen molar-refractivity contribution >= 4 is 15.9 Å². The highest BCUT2D eigenvalue weighted by Crippen LogP contribution is 2.39. The van der Waals surface area contributed by atoms with Crippen molar-refractivity contribution in [2.24, 2.45) is 0 Å². The van der Waals surface area contributed by atoms with Crippen molar-refractivity contribution < 1.29 is 35.5 Å². The van der Waals surface area contributed by atoms with E-state index in [0.29, 0.717) is 6.92 Å². The van der Waals surface area contributed by atoms with Crippen LogP contribution < -0.4 is 4.74 Å². The Labute approximate surface area is 117 Å². The summed E-state index contributed by atoms with van der Waals surface area (Å²) in [4.78, 5) is 0. The van der Waals surface area contributed by atoms with Crippen LogP contribution in [0.25, 0.3) is 0 Å². The maximum atomic E-state index is 13.2. The summed E-state index contributed by atoms with van der Waals surface area (Å²) in [6, 6.07) is 2.97. The van der Waals surface area contributed by atoms with Gasteiger partial charge in [0.15, 0.2) is 6.61 Å². The molecule has 9 heteroatoms. The van der Waals surface area contributed by atoms with Gasteiger partial charge in [-0.25, -0.2) is 8.78 Å². The van der Waals surface area contributed by atoms with Crippen LogP contribution in [0.5, 0.6) is 5.75 Å². The summed E-state index contributed by atoms with van der Waals surface area (Å²) in [7, 11) is 0. The van der Waals surface area contributed by atoms with E-state index >= 15 is 0 Å². The molecule has 0 radical (unpaired) electrons. The van der Waals surface area contributed by atoms with E-state index in [1.807, 2.05) is 0 Å². The molecule has 0 spiro atoms. The van der Waals surface area contributed by atoms with E-state index in [2.05, 4.69) is 20.7 Å². The van der Waals surface area contributed by atoms with E-state index in [1.165, 1.54) is 6.07 Å². The highest BCUT2D eigenvalue weighted by atomic mass is 79.9. The number of alkyl halides is 7. The van der Waals surface area contributed by atoms with Crippen LogP contribution in [-0.2, 0) is 5.92 Å². The van der Waals surface area contributed by atoms with E-state index in [0.717, 1.165) is 12.1 Å². The Kier molecular flexibility index (Phi) is 4.62. The van der Waals surface area contributed by atoms with Crippen LogP contribution in [-0.4, -0.2) is 18.7 Å². The Morgan fingerprint density at radius 1 is 1.05 bits per heavy atom.